The number of allylic oxidation sites excluding steroid dienone is 1. The molecule has 0 radical (unpaired) electrons. The molecule has 0 aromatic heterocycles. The van der Waals surface area contributed by atoms with Crippen LogP contribution in [0.3, 0.4) is 0 Å². The summed E-state index contributed by atoms with van der Waals surface area (Å²) in [5.74, 6) is 0.523. The zero-order valence-electron chi connectivity index (χ0n) is 10.4. The van der Waals surface area contributed by atoms with Gasteiger partial charge in [0.05, 0.1) is 5.92 Å². The number of carbonyl (C=O) groups is 1. The zero-order valence-corrected chi connectivity index (χ0v) is 10.4. The predicted molar refractivity (Wildman–Crippen MR) is 67.6 cm³/mol. The molecule has 1 amide bonds. The highest BCUT2D eigenvalue weighted by Crippen LogP contribution is 2.33. The van der Waals surface area contributed by atoms with Crippen molar-refractivity contribution >= 4 is 5.91 Å². The Kier molecular flexibility index (Phi) is 3.19. The summed E-state index contributed by atoms with van der Waals surface area (Å²) in [4.78, 5) is 12.0. The van der Waals surface area contributed by atoms with Crippen molar-refractivity contribution in [3.05, 3.63) is 11.6 Å². The lowest BCUT2D eigenvalue weighted by atomic mass is 9.88. The van der Waals surface area contributed by atoms with Crippen LogP contribution in [-0.4, -0.2) is 24.5 Å². The zero-order chi connectivity index (χ0) is 11.7. The molecule has 0 saturated carbocycles. The van der Waals surface area contributed by atoms with Gasteiger partial charge in [0, 0.05) is 18.6 Å². The van der Waals surface area contributed by atoms with Crippen LogP contribution in [0.1, 0.15) is 44.9 Å². The normalized spacial score (nSPS) is 35.1. The topological polar surface area (TPSA) is 41.1 Å². The van der Waals surface area contributed by atoms with Crippen LogP contribution in [0.15, 0.2) is 11.6 Å². The van der Waals surface area contributed by atoms with Gasteiger partial charge in [0.15, 0.2) is 0 Å². The number of fused-ring (bicyclic) bond motifs is 2. The van der Waals surface area contributed by atoms with E-state index in [0.717, 1.165) is 19.4 Å². The van der Waals surface area contributed by atoms with E-state index in [-0.39, 0.29) is 11.8 Å². The molecular weight excluding hydrogens is 212 g/mol. The molecule has 3 heteroatoms. The molecule has 2 aliphatic heterocycles. The lowest BCUT2D eigenvalue weighted by Gasteiger charge is -2.19. The molecule has 2 N–H and O–H groups in total. The minimum absolute atomic E-state index is 0.242. The molecule has 2 bridgehead atoms. The smallest absolute Gasteiger partial charge is 0.224 e. The molecule has 1 aliphatic carbocycles. The maximum Gasteiger partial charge on any atom is 0.224 e. The van der Waals surface area contributed by atoms with E-state index >= 15 is 0 Å². The second kappa shape index (κ2) is 4.81. The first-order chi connectivity index (χ1) is 8.33. The first-order valence-electron chi connectivity index (χ1n) is 7.04. The first-order valence-corrected chi connectivity index (χ1v) is 7.04. The molecule has 94 valence electrons. The molecule has 3 unspecified atom stereocenters. The number of carbonyl (C=O) groups excluding carboxylic acids is 1. The Morgan fingerprint density at radius 2 is 2.41 bits per heavy atom. The van der Waals surface area contributed by atoms with E-state index in [1.807, 2.05) is 0 Å². The lowest BCUT2D eigenvalue weighted by molar-refractivity contribution is -0.125. The van der Waals surface area contributed by atoms with Crippen molar-refractivity contribution in [1.82, 2.24) is 10.6 Å². The van der Waals surface area contributed by atoms with Gasteiger partial charge in [-0.25, -0.2) is 0 Å². The van der Waals surface area contributed by atoms with Crippen molar-refractivity contribution in [2.45, 2.75) is 57.0 Å². The lowest BCUT2D eigenvalue weighted by Crippen LogP contribution is -2.37. The van der Waals surface area contributed by atoms with Crippen molar-refractivity contribution in [3.8, 4) is 0 Å². The fourth-order valence-corrected chi connectivity index (χ4v) is 3.56. The molecule has 3 aliphatic rings. The van der Waals surface area contributed by atoms with Gasteiger partial charge >= 0.3 is 0 Å². The van der Waals surface area contributed by atoms with Crippen molar-refractivity contribution in [1.29, 1.82) is 0 Å². The highest BCUT2D eigenvalue weighted by molar-refractivity contribution is 5.80. The summed E-state index contributed by atoms with van der Waals surface area (Å²) in [6.07, 6.45) is 10.7. The molecule has 3 nitrogen and oxygen atoms in total. The third kappa shape index (κ3) is 2.39. The molecular formula is C14H22N2O. The third-order valence-electron chi connectivity index (χ3n) is 4.52. The molecule has 17 heavy (non-hydrogen) atoms. The fraction of sp³-hybridized carbons (Fsp3) is 0.786. The summed E-state index contributed by atoms with van der Waals surface area (Å²) in [7, 11) is 0. The van der Waals surface area contributed by atoms with Crippen LogP contribution in [0.2, 0.25) is 0 Å². The number of nitrogens with one attached hydrogen (secondary N) is 2. The Morgan fingerprint density at radius 1 is 1.47 bits per heavy atom. The molecule has 0 spiro atoms. The minimum atomic E-state index is 0.242. The molecule has 3 rings (SSSR count). The van der Waals surface area contributed by atoms with Crippen LogP contribution in [0.25, 0.3) is 0 Å². The summed E-state index contributed by atoms with van der Waals surface area (Å²) in [5.41, 5.74) is 1.54. The summed E-state index contributed by atoms with van der Waals surface area (Å²) in [6, 6.07) is 1.08. The Balaban J connectivity index is 1.41. The average molecular weight is 234 g/mol. The Labute approximate surface area is 103 Å². The van der Waals surface area contributed by atoms with E-state index in [1.54, 1.807) is 0 Å². The van der Waals surface area contributed by atoms with Crippen LogP contribution in [-0.2, 0) is 4.79 Å². The molecule has 0 aromatic rings. The summed E-state index contributed by atoms with van der Waals surface area (Å²) >= 11 is 0. The SMILES string of the molecule is O=C(NCCC1=CCCC1)C1CC2CCC1N2. The number of rotatable bonds is 4. The van der Waals surface area contributed by atoms with Crippen molar-refractivity contribution in [3.63, 3.8) is 0 Å². The van der Waals surface area contributed by atoms with E-state index < -0.39 is 0 Å². The van der Waals surface area contributed by atoms with Gasteiger partial charge in [-0.15, -0.1) is 0 Å². The largest absolute Gasteiger partial charge is 0.355 e. The monoisotopic (exact) mass is 234 g/mol. The average Bonchev–Trinajstić information content (AvgIpc) is 3.05. The van der Waals surface area contributed by atoms with Gasteiger partial charge in [0.2, 0.25) is 5.91 Å². The van der Waals surface area contributed by atoms with E-state index in [2.05, 4.69) is 16.7 Å². The van der Waals surface area contributed by atoms with Crippen molar-refractivity contribution in [2.24, 2.45) is 5.92 Å². The maximum absolute atomic E-state index is 12.0. The van der Waals surface area contributed by atoms with Gasteiger partial charge in [0.1, 0.15) is 0 Å². The fourth-order valence-electron chi connectivity index (χ4n) is 3.56. The maximum atomic E-state index is 12.0. The van der Waals surface area contributed by atoms with Gasteiger partial charge in [-0.2, -0.15) is 0 Å². The van der Waals surface area contributed by atoms with Crippen LogP contribution in [0.5, 0.6) is 0 Å². The van der Waals surface area contributed by atoms with E-state index in [4.69, 9.17) is 0 Å². The van der Waals surface area contributed by atoms with Gasteiger partial charge in [-0.3, -0.25) is 4.79 Å². The van der Waals surface area contributed by atoms with E-state index in [9.17, 15) is 4.79 Å². The number of amides is 1. The van der Waals surface area contributed by atoms with Crippen molar-refractivity contribution in [2.75, 3.05) is 6.54 Å². The number of hydrogen-bond donors (Lipinski definition) is 2. The van der Waals surface area contributed by atoms with Crippen LogP contribution >= 0.6 is 0 Å². The Hall–Kier alpha value is -0.830. The van der Waals surface area contributed by atoms with E-state index in [0.29, 0.717) is 12.1 Å². The van der Waals surface area contributed by atoms with Gasteiger partial charge in [-0.05, 0) is 44.9 Å². The van der Waals surface area contributed by atoms with Gasteiger partial charge < -0.3 is 10.6 Å². The summed E-state index contributed by atoms with van der Waals surface area (Å²) < 4.78 is 0. The molecule has 3 atom stereocenters. The predicted octanol–water partition coefficient (Wildman–Crippen LogP) is 1.74. The molecule has 2 heterocycles. The number of hydrogen-bond acceptors (Lipinski definition) is 2. The van der Waals surface area contributed by atoms with Gasteiger partial charge in [-0.1, -0.05) is 11.6 Å². The highest BCUT2D eigenvalue weighted by atomic mass is 16.1. The summed E-state index contributed by atoms with van der Waals surface area (Å²) in [6.45, 7) is 0.832. The standard InChI is InChI=1S/C14H22N2O/c17-14(12-9-11-5-6-13(12)16-11)15-8-7-10-3-1-2-4-10/h3,11-13,16H,1-2,4-9H2,(H,15,17). The highest BCUT2D eigenvalue weighted by Gasteiger charge is 2.42. The van der Waals surface area contributed by atoms with Crippen LogP contribution < -0.4 is 10.6 Å². The summed E-state index contributed by atoms with van der Waals surface area (Å²) in [5, 5.41) is 6.63. The van der Waals surface area contributed by atoms with Crippen LogP contribution in [0.4, 0.5) is 0 Å². The van der Waals surface area contributed by atoms with E-state index in [1.165, 1.54) is 37.7 Å². The van der Waals surface area contributed by atoms with Crippen LogP contribution in [0, 0.1) is 5.92 Å². The molecule has 2 fully saturated rings. The Morgan fingerprint density at radius 3 is 3.06 bits per heavy atom. The molecule has 0 aromatic carbocycles. The molecule has 2 saturated heterocycles. The Bertz CT molecular complexity index is 337. The second-order valence-corrected chi connectivity index (χ2v) is 5.69. The second-order valence-electron chi connectivity index (χ2n) is 5.69. The minimum Gasteiger partial charge on any atom is -0.355 e. The third-order valence-corrected chi connectivity index (χ3v) is 4.52. The first kappa shape index (κ1) is 11.3. The van der Waals surface area contributed by atoms with Gasteiger partial charge in [0.25, 0.3) is 0 Å². The van der Waals surface area contributed by atoms with Crippen molar-refractivity contribution < 1.29 is 4.79 Å². The quantitative estimate of drug-likeness (QED) is 0.728.